The maximum atomic E-state index is 11.4. The monoisotopic (exact) mass is 306 g/mol. The van der Waals surface area contributed by atoms with Gasteiger partial charge in [0, 0.05) is 13.1 Å². The number of carboxylic acid groups (broad SMARTS) is 1. The normalized spacial score (nSPS) is 10.5. The molecule has 0 amide bonds. The lowest BCUT2D eigenvalue weighted by atomic mass is 10.3. The maximum Gasteiger partial charge on any atom is 0.360 e. The third-order valence-electron chi connectivity index (χ3n) is 3.15. The molecule has 0 aliphatic rings. The van der Waals surface area contributed by atoms with Gasteiger partial charge in [0.25, 0.3) is 0 Å². The first-order valence-corrected chi connectivity index (χ1v) is 6.82. The predicted octanol–water partition coefficient (Wildman–Crippen LogP) is 0.793. The van der Waals surface area contributed by atoms with Crippen molar-refractivity contribution in [2.45, 2.75) is 6.92 Å². The van der Waals surface area contributed by atoms with E-state index in [1.807, 2.05) is 6.92 Å². The number of aliphatic hydroxyl groups excluding tert-OH is 1. The molecule has 0 saturated carbocycles. The van der Waals surface area contributed by atoms with Crippen LogP contribution < -0.4 is 9.64 Å². The minimum atomic E-state index is -1.17. The number of methoxy groups -OCH3 is 1. The molecular formula is C14H18N4O4. The van der Waals surface area contributed by atoms with Crippen molar-refractivity contribution in [3.8, 4) is 11.4 Å². The van der Waals surface area contributed by atoms with Gasteiger partial charge in [0.05, 0.1) is 13.7 Å². The molecule has 0 aliphatic carbocycles. The number of carboxylic acids is 1. The van der Waals surface area contributed by atoms with E-state index in [0.717, 1.165) is 0 Å². The summed E-state index contributed by atoms with van der Waals surface area (Å²) in [5.74, 6) is -0.423. The average molecular weight is 306 g/mol. The zero-order valence-corrected chi connectivity index (χ0v) is 12.4. The molecule has 2 N–H and O–H groups in total. The molecule has 1 heterocycles. The Hall–Kier alpha value is -2.61. The lowest BCUT2D eigenvalue weighted by molar-refractivity contribution is 0.0690. The van der Waals surface area contributed by atoms with E-state index in [4.69, 9.17) is 9.84 Å². The topological polar surface area (TPSA) is 101 Å². The van der Waals surface area contributed by atoms with Crippen LogP contribution in [-0.2, 0) is 0 Å². The van der Waals surface area contributed by atoms with Crippen LogP contribution in [0.15, 0.2) is 24.3 Å². The van der Waals surface area contributed by atoms with E-state index in [9.17, 15) is 9.90 Å². The first kappa shape index (κ1) is 15.8. The molecule has 0 aliphatic heterocycles. The van der Waals surface area contributed by atoms with Crippen molar-refractivity contribution in [3.05, 3.63) is 30.0 Å². The van der Waals surface area contributed by atoms with Gasteiger partial charge in [-0.25, -0.2) is 4.79 Å². The Balaban J connectivity index is 2.53. The molecule has 0 fully saturated rings. The van der Waals surface area contributed by atoms with Gasteiger partial charge in [-0.15, -0.1) is 15.0 Å². The maximum absolute atomic E-state index is 11.4. The van der Waals surface area contributed by atoms with Crippen LogP contribution in [0, 0.1) is 0 Å². The summed E-state index contributed by atoms with van der Waals surface area (Å²) in [7, 11) is 1.52. The molecule has 0 radical (unpaired) electrons. The van der Waals surface area contributed by atoms with Gasteiger partial charge in [-0.1, -0.05) is 12.1 Å². The van der Waals surface area contributed by atoms with E-state index in [0.29, 0.717) is 18.0 Å². The zero-order valence-electron chi connectivity index (χ0n) is 12.4. The number of rotatable bonds is 7. The van der Waals surface area contributed by atoms with Gasteiger partial charge in [0.1, 0.15) is 11.4 Å². The van der Waals surface area contributed by atoms with Crippen LogP contribution in [-0.4, -0.2) is 58.0 Å². The summed E-state index contributed by atoms with van der Waals surface area (Å²) >= 11 is 0. The molecule has 1 aromatic heterocycles. The van der Waals surface area contributed by atoms with Crippen LogP contribution in [0.1, 0.15) is 17.4 Å². The highest BCUT2D eigenvalue weighted by atomic mass is 16.5. The van der Waals surface area contributed by atoms with Crippen molar-refractivity contribution in [2.24, 2.45) is 0 Å². The van der Waals surface area contributed by atoms with E-state index in [2.05, 4.69) is 10.2 Å². The second-order valence-corrected chi connectivity index (χ2v) is 4.44. The number of anilines is 1. The van der Waals surface area contributed by atoms with Crippen molar-refractivity contribution in [3.63, 3.8) is 0 Å². The third kappa shape index (κ3) is 3.01. The molecule has 2 aromatic rings. The van der Waals surface area contributed by atoms with Gasteiger partial charge in [0.15, 0.2) is 5.82 Å². The number of aromatic nitrogens is 3. The summed E-state index contributed by atoms with van der Waals surface area (Å²) in [6.07, 6.45) is 0. The summed E-state index contributed by atoms with van der Waals surface area (Å²) in [5.41, 5.74) is 0.375. The number of para-hydroxylation sites is 2. The minimum absolute atomic E-state index is 0.103. The van der Waals surface area contributed by atoms with Gasteiger partial charge >= 0.3 is 5.97 Å². The molecule has 22 heavy (non-hydrogen) atoms. The Kier molecular flexibility index (Phi) is 4.95. The summed E-state index contributed by atoms with van der Waals surface area (Å²) in [6.45, 7) is 2.53. The Morgan fingerprint density at radius 1 is 1.36 bits per heavy atom. The number of aliphatic hydroxyl groups is 1. The number of hydrogen-bond acceptors (Lipinski definition) is 6. The van der Waals surface area contributed by atoms with Gasteiger partial charge in [-0.3, -0.25) is 0 Å². The lowest BCUT2D eigenvalue weighted by Gasteiger charge is -2.18. The van der Waals surface area contributed by atoms with E-state index in [1.54, 1.807) is 29.2 Å². The fraction of sp³-hybridized carbons (Fsp3) is 0.357. The molecule has 118 valence electrons. The van der Waals surface area contributed by atoms with E-state index in [-0.39, 0.29) is 24.7 Å². The molecule has 1 aromatic carbocycles. The van der Waals surface area contributed by atoms with Crippen LogP contribution in [0.5, 0.6) is 5.75 Å². The Morgan fingerprint density at radius 3 is 2.68 bits per heavy atom. The first-order chi connectivity index (χ1) is 10.6. The molecule has 0 spiro atoms. The molecule has 8 nitrogen and oxygen atoms in total. The van der Waals surface area contributed by atoms with Crippen LogP contribution in [0.25, 0.3) is 5.69 Å². The third-order valence-corrected chi connectivity index (χ3v) is 3.15. The van der Waals surface area contributed by atoms with Crippen LogP contribution in [0.2, 0.25) is 0 Å². The van der Waals surface area contributed by atoms with E-state index < -0.39 is 5.97 Å². The fourth-order valence-corrected chi connectivity index (χ4v) is 2.09. The first-order valence-electron chi connectivity index (χ1n) is 6.82. The summed E-state index contributed by atoms with van der Waals surface area (Å²) < 4.78 is 5.24. The molecule has 8 heteroatoms. The summed E-state index contributed by atoms with van der Waals surface area (Å²) in [5, 5.41) is 26.7. The highest BCUT2D eigenvalue weighted by Gasteiger charge is 2.23. The standard InChI is InChI=1S/C14H18N4O4/c1-3-17(8-9-19)13-12(14(20)21)15-18(16-13)10-6-4-5-7-11(10)22-2/h4-7,19H,3,8-9H2,1-2H3,(H,20,21). The van der Waals surface area contributed by atoms with Crippen LogP contribution in [0.4, 0.5) is 5.82 Å². The van der Waals surface area contributed by atoms with Gasteiger partial charge in [0.2, 0.25) is 5.69 Å². The molecule has 0 atom stereocenters. The fourth-order valence-electron chi connectivity index (χ4n) is 2.09. The van der Waals surface area contributed by atoms with Crippen molar-refractivity contribution < 1.29 is 19.7 Å². The number of benzene rings is 1. The van der Waals surface area contributed by atoms with E-state index >= 15 is 0 Å². The van der Waals surface area contributed by atoms with Crippen LogP contribution >= 0.6 is 0 Å². The second-order valence-electron chi connectivity index (χ2n) is 4.44. The highest BCUT2D eigenvalue weighted by Crippen LogP contribution is 2.24. The number of carbonyl (C=O) groups is 1. The Labute approximate surface area is 127 Å². The van der Waals surface area contributed by atoms with Gasteiger partial charge < -0.3 is 19.8 Å². The van der Waals surface area contributed by atoms with Crippen LogP contribution in [0.3, 0.4) is 0 Å². The quantitative estimate of drug-likeness (QED) is 0.780. The zero-order chi connectivity index (χ0) is 16.1. The number of ether oxygens (including phenoxy) is 1. The number of likely N-dealkylation sites (N-methyl/N-ethyl adjacent to an activating group) is 1. The Bertz CT molecular complexity index is 656. The summed E-state index contributed by atoms with van der Waals surface area (Å²) in [4.78, 5) is 14.3. The Morgan fingerprint density at radius 2 is 2.09 bits per heavy atom. The smallest absolute Gasteiger partial charge is 0.360 e. The molecule has 0 bridgehead atoms. The molecule has 2 rings (SSSR count). The van der Waals surface area contributed by atoms with Gasteiger partial charge in [-0.2, -0.15) is 0 Å². The number of hydrogen-bond donors (Lipinski definition) is 2. The average Bonchev–Trinajstić information content (AvgIpc) is 2.97. The number of nitrogens with zero attached hydrogens (tertiary/aromatic N) is 4. The van der Waals surface area contributed by atoms with Crippen molar-refractivity contribution >= 4 is 11.8 Å². The van der Waals surface area contributed by atoms with Gasteiger partial charge in [-0.05, 0) is 19.1 Å². The lowest BCUT2D eigenvalue weighted by Crippen LogP contribution is -2.28. The molecular weight excluding hydrogens is 288 g/mol. The van der Waals surface area contributed by atoms with E-state index in [1.165, 1.54) is 11.9 Å². The predicted molar refractivity (Wildman–Crippen MR) is 79.8 cm³/mol. The summed E-state index contributed by atoms with van der Waals surface area (Å²) in [6, 6.07) is 7.06. The largest absolute Gasteiger partial charge is 0.494 e. The van der Waals surface area contributed by atoms with Crippen molar-refractivity contribution in [1.29, 1.82) is 0 Å². The SMILES string of the molecule is CCN(CCO)c1nn(-c2ccccc2OC)nc1C(=O)O. The van der Waals surface area contributed by atoms with Crippen molar-refractivity contribution in [1.82, 2.24) is 15.0 Å². The highest BCUT2D eigenvalue weighted by molar-refractivity contribution is 5.91. The van der Waals surface area contributed by atoms with Crippen molar-refractivity contribution in [2.75, 3.05) is 31.7 Å². The number of aromatic carboxylic acids is 1. The minimum Gasteiger partial charge on any atom is -0.494 e. The molecule has 0 saturated heterocycles. The second kappa shape index (κ2) is 6.90. The molecule has 0 unspecified atom stereocenters.